The number of nitrogens with zero attached hydrogens (tertiary/aromatic N) is 1. The number of benzene rings is 3. The van der Waals surface area contributed by atoms with Crippen molar-refractivity contribution in [2.75, 3.05) is 0 Å². The van der Waals surface area contributed by atoms with Crippen LogP contribution in [0, 0.1) is 6.92 Å². The second kappa shape index (κ2) is 8.86. The summed E-state index contributed by atoms with van der Waals surface area (Å²) in [6.07, 6.45) is 1.24. The molecule has 0 saturated heterocycles. The van der Waals surface area contributed by atoms with Crippen molar-refractivity contribution >= 4 is 38.0 Å². The average Bonchev–Trinajstić information content (AvgIpc) is 2.68. The Labute approximate surface area is 180 Å². The molecule has 3 rings (SSSR count). The standard InChI is InChI=1S/C20H17ClN2O5S2/c1-15-5-9-19(10-6-15)29(24,25)23-22-14-16-3-2-4-18(13-16)28-30(26,27)20-11-7-17(21)8-12-20/h2-14,23H,1H3/b22-14+. The van der Waals surface area contributed by atoms with Crippen LogP contribution in [-0.4, -0.2) is 23.1 Å². The lowest BCUT2D eigenvalue weighted by Crippen LogP contribution is -2.18. The summed E-state index contributed by atoms with van der Waals surface area (Å²) >= 11 is 5.77. The normalized spacial score (nSPS) is 12.1. The van der Waals surface area contributed by atoms with E-state index in [2.05, 4.69) is 9.93 Å². The Morgan fingerprint density at radius 2 is 1.53 bits per heavy atom. The number of rotatable bonds is 7. The van der Waals surface area contributed by atoms with Crippen molar-refractivity contribution in [1.82, 2.24) is 4.83 Å². The van der Waals surface area contributed by atoms with Gasteiger partial charge in [-0.05, 0) is 61.0 Å². The summed E-state index contributed by atoms with van der Waals surface area (Å²) in [7, 11) is -7.86. The smallest absolute Gasteiger partial charge is 0.339 e. The van der Waals surface area contributed by atoms with Crippen molar-refractivity contribution in [1.29, 1.82) is 0 Å². The van der Waals surface area contributed by atoms with Gasteiger partial charge in [0.2, 0.25) is 0 Å². The van der Waals surface area contributed by atoms with Gasteiger partial charge in [-0.1, -0.05) is 41.4 Å². The SMILES string of the molecule is Cc1ccc(S(=O)(=O)N/N=C/c2cccc(OS(=O)(=O)c3ccc(Cl)cc3)c2)cc1. The molecule has 156 valence electrons. The van der Waals surface area contributed by atoms with E-state index in [4.69, 9.17) is 15.8 Å². The molecule has 0 aliphatic carbocycles. The van der Waals surface area contributed by atoms with Gasteiger partial charge in [0.15, 0.2) is 0 Å². The highest BCUT2D eigenvalue weighted by molar-refractivity contribution is 7.89. The van der Waals surface area contributed by atoms with E-state index in [1.165, 1.54) is 54.7 Å². The first-order chi connectivity index (χ1) is 14.2. The van der Waals surface area contributed by atoms with Crippen LogP contribution in [0.4, 0.5) is 0 Å². The zero-order valence-electron chi connectivity index (χ0n) is 15.7. The van der Waals surface area contributed by atoms with Gasteiger partial charge in [-0.3, -0.25) is 0 Å². The number of sulfonamides is 1. The molecule has 0 amide bonds. The van der Waals surface area contributed by atoms with E-state index in [0.29, 0.717) is 10.6 Å². The highest BCUT2D eigenvalue weighted by Crippen LogP contribution is 2.21. The van der Waals surface area contributed by atoms with E-state index in [-0.39, 0.29) is 15.5 Å². The van der Waals surface area contributed by atoms with Crippen LogP contribution < -0.4 is 9.01 Å². The summed E-state index contributed by atoms with van der Waals surface area (Å²) in [5.74, 6) is 0.0512. The molecule has 0 heterocycles. The molecule has 0 spiro atoms. The minimum absolute atomic E-state index is 0.0446. The number of hydrogen-bond acceptors (Lipinski definition) is 6. The Bertz CT molecular complexity index is 1270. The molecule has 0 aromatic heterocycles. The molecular formula is C20H17ClN2O5S2. The minimum atomic E-state index is -4.04. The Hall–Kier alpha value is -2.88. The number of hydrogen-bond donors (Lipinski definition) is 1. The van der Waals surface area contributed by atoms with Crippen LogP contribution in [0.2, 0.25) is 5.02 Å². The third-order valence-corrected chi connectivity index (χ3v) is 6.64. The first-order valence-electron chi connectivity index (χ1n) is 8.57. The maximum Gasteiger partial charge on any atom is 0.339 e. The summed E-state index contributed by atoms with van der Waals surface area (Å²) < 4.78 is 54.3. The van der Waals surface area contributed by atoms with Crippen LogP contribution in [0.15, 0.2) is 87.7 Å². The van der Waals surface area contributed by atoms with Crippen LogP contribution >= 0.6 is 11.6 Å². The summed E-state index contributed by atoms with van der Waals surface area (Å²) in [6.45, 7) is 1.85. The summed E-state index contributed by atoms with van der Waals surface area (Å²) in [6, 6.07) is 17.9. The lowest BCUT2D eigenvalue weighted by molar-refractivity contribution is 0.486. The highest BCUT2D eigenvalue weighted by Gasteiger charge is 2.16. The van der Waals surface area contributed by atoms with Gasteiger partial charge in [0, 0.05) is 5.02 Å². The topological polar surface area (TPSA) is 102 Å². The van der Waals surface area contributed by atoms with Crippen molar-refractivity contribution in [2.45, 2.75) is 16.7 Å². The third kappa shape index (κ3) is 5.59. The van der Waals surface area contributed by atoms with Crippen LogP contribution in [-0.2, 0) is 20.1 Å². The number of aryl methyl sites for hydroxylation is 1. The van der Waals surface area contributed by atoms with E-state index in [1.807, 2.05) is 6.92 Å². The van der Waals surface area contributed by atoms with Gasteiger partial charge in [0.05, 0.1) is 11.1 Å². The fourth-order valence-electron chi connectivity index (χ4n) is 2.36. The molecular weight excluding hydrogens is 448 g/mol. The van der Waals surface area contributed by atoms with Gasteiger partial charge in [0.1, 0.15) is 10.6 Å². The van der Waals surface area contributed by atoms with Crippen molar-refractivity contribution in [3.63, 3.8) is 0 Å². The summed E-state index contributed by atoms with van der Waals surface area (Å²) in [5.41, 5.74) is 1.37. The third-order valence-electron chi connectivity index (χ3n) is 3.88. The number of nitrogens with one attached hydrogen (secondary N) is 1. The predicted octanol–water partition coefficient (Wildman–Crippen LogP) is 3.73. The molecule has 0 atom stereocenters. The van der Waals surface area contributed by atoms with Crippen LogP contribution in [0.5, 0.6) is 5.75 Å². The van der Waals surface area contributed by atoms with Crippen LogP contribution in [0.25, 0.3) is 0 Å². The molecule has 0 saturated carbocycles. The maximum absolute atomic E-state index is 12.4. The Morgan fingerprint density at radius 3 is 2.20 bits per heavy atom. The zero-order chi connectivity index (χ0) is 21.8. The second-order valence-electron chi connectivity index (χ2n) is 6.23. The molecule has 30 heavy (non-hydrogen) atoms. The van der Waals surface area contributed by atoms with Gasteiger partial charge in [-0.25, -0.2) is 4.83 Å². The Balaban J connectivity index is 1.72. The van der Waals surface area contributed by atoms with Gasteiger partial charge in [-0.15, -0.1) is 0 Å². The largest absolute Gasteiger partial charge is 0.379 e. The van der Waals surface area contributed by atoms with Crippen molar-refractivity contribution in [3.8, 4) is 5.75 Å². The molecule has 10 heteroatoms. The van der Waals surface area contributed by atoms with Crippen LogP contribution in [0.1, 0.15) is 11.1 Å². The molecule has 0 bridgehead atoms. The quantitative estimate of drug-likeness (QED) is 0.326. The molecule has 3 aromatic rings. The fraction of sp³-hybridized carbons (Fsp3) is 0.0500. The zero-order valence-corrected chi connectivity index (χ0v) is 18.1. The fourth-order valence-corrected chi connectivity index (χ4v) is 4.20. The Morgan fingerprint density at radius 1 is 0.900 bits per heavy atom. The van der Waals surface area contributed by atoms with E-state index in [1.54, 1.807) is 24.3 Å². The monoisotopic (exact) mass is 464 g/mol. The van der Waals surface area contributed by atoms with Crippen molar-refractivity contribution in [3.05, 3.63) is 88.9 Å². The van der Waals surface area contributed by atoms with Crippen LogP contribution in [0.3, 0.4) is 0 Å². The lowest BCUT2D eigenvalue weighted by Gasteiger charge is -2.07. The second-order valence-corrected chi connectivity index (χ2v) is 9.87. The highest BCUT2D eigenvalue weighted by atomic mass is 35.5. The number of hydrazone groups is 1. The van der Waals surface area contributed by atoms with E-state index < -0.39 is 20.1 Å². The molecule has 1 N–H and O–H groups in total. The Kier molecular flexibility index (Phi) is 6.45. The van der Waals surface area contributed by atoms with E-state index >= 15 is 0 Å². The number of halogens is 1. The van der Waals surface area contributed by atoms with E-state index in [0.717, 1.165) is 5.56 Å². The summed E-state index contributed by atoms with van der Waals surface area (Å²) in [5, 5.41) is 4.14. The van der Waals surface area contributed by atoms with Gasteiger partial charge < -0.3 is 4.18 Å². The molecule has 0 fully saturated rings. The predicted molar refractivity (Wildman–Crippen MR) is 115 cm³/mol. The van der Waals surface area contributed by atoms with Crippen molar-refractivity contribution < 1.29 is 21.0 Å². The molecule has 3 aromatic carbocycles. The first kappa shape index (κ1) is 21.8. The molecule has 0 unspecified atom stereocenters. The van der Waals surface area contributed by atoms with E-state index in [9.17, 15) is 16.8 Å². The molecule has 0 radical (unpaired) electrons. The van der Waals surface area contributed by atoms with Gasteiger partial charge in [0.25, 0.3) is 10.0 Å². The first-order valence-corrected chi connectivity index (χ1v) is 11.8. The average molecular weight is 465 g/mol. The van der Waals surface area contributed by atoms with Gasteiger partial charge >= 0.3 is 10.1 Å². The molecule has 7 nitrogen and oxygen atoms in total. The lowest BCUT2D eigenvalue weighted by atomic mass is 10.2. The molecule has 0 aliphatic rings. The van der Waals surface area contributed by atoms with Crippen molar-refractivity contribution in [2.24, 2.45) is 5.10 Å². The minimum Gasteiger partial charge on any atom is -0.379 e. The van der Waals surface area contributed by atoms with Gasteiger partial charge in [-0.2, -0.15) is 21.9 Å². The molecule has 0 aliphatic heterocycles. The summed E-state index contributed by atoms with van der Waals surface area (Å²) in [4.78, 5) is 2.15. The maximum atomic E-state index is 12.4.